The van der Waals surface area contributed by atoms with E-state index < -0.39 is 5.97 Å². The van der Waals surface area contributed by atoms with Gasteiger partial charge in [-0.2, -0.15) is 0 Å². The van der Waals surface area contributed by atoms with Gasteiger partial charge in [0.25, 0.3) is 0 Å². The molecule has 0 amide bonds. The Morgan fingerprint density at radius 1 is 0.577 bits per heavy atom. The van der Waals surface area contributed by atoms with E-state index in [-0.39, 0.29) is 0 Å². The summed E-state index contributed by atoms with van der Waals surface area (Å²) in [4.78, 5) is 10.4. The summed E-state index contributed by atoms with van der Waals surface area (Å²) in [7, 11) is 0. The van der Waals surface area contributed by atoms with Crippen LogP contribution in [0.25, 0.3) is 0 Å². The number of rotatable bonds is 20. The number of hydrogen-bond donors (Lipinski definition) is 1. The van der Waals surface area contributed by atoms with Crippen LogP contribution in [0.4, 0.5) is 0 Å². The van der Waals surface area contributed by atoms with E-state index in [9.17, 15) is 4.79 Å². The van der Waals surface area contributed by atoms with E-state index >= 15 is 0 Å². The normalized spacial score (nSPS) is 11.7. The first-order valence-electron chi connectivity index (χ1n) is 11.3. The second kappa shape index (κ2) is 22.0. The molecule has 0 aliphatic rings. The monoisotopic (exact) mass is 364 g/mol. The molecule has 2 nitrogen and oxygen atoms in total. The lowest BCUT2D eigenvalue weighted by molar-refractivity contribution is -0.137. The van der Waals surface area contributed by atoms with Gasteiger partial charge in [0.05, 0.1) is 0 Å². The fourth-order valence-corrected chi connectivity index (χ4v) is 3.20. The van der Waals surface area contributed by atoms with Crippen molar-refractivity contribution in [3.63, 3.8) is 0 Å². The zero-order valence-electron chi connectivity index (χ0n) is 17.4. The lowest BCUT2D eigenvalue weighted by Gasteiger charge is -2.03. The van der Waals surface area contributed by atoms with Crippen molar-refractivity contribution in [3.8, 4) is 0 Å². The summed E-state index contributed by atoms with van der Waals surface area (Å²) in [6.45, 7) is 2.18. The van der Waals surface area contributed by atoms with Crippen molar-refractivity contribution in [2.75, 3.05) is 0 Å². The van der Waals surface area contributed by atoms with Gasteiger partial charge in [0.1, 0.15) is 0 Å². The molecule has 2 heteroatoms. The fourth-order valence-electron chi connectivity index (χ4n) is 3.20. The first kappa shape index (κ1) is 24.9. The predicted octanol–water partition coefficient (Wildman–Crippen LogP) is 8.23. The zero-order chi connectivity index (χ0) is 19.1. The third-order valence-corrected chi connectivity index (χ3v) is 4.83. The highest BCUT2D eigenvalue weighted by molar-refractivity contribution is 5.66. The molecular formula is C24H44O2. The maximum absolute atomic E-state index is 10.4. The average molecular weight is 365 g/mol. The summed E-state index contributed by atoms with van der Waals surface area (Å²) in [6.07, 6.45) is 31.2. The molecule has 0 aromatic heterocycles. The Labute approximate surface area is 163 Å². The van der Waals surface area contributed by atoms with Crippen molar-refractivity contribution >= 4 is 5.97 Å². The van der Waals surface area contributed by atoms with Crippen LogP contribution in [0.2, 0.25) is 0 Å². The Kier molecular flexibility index (Phi) is 21.1. The molecule has 0 aliphatic carbocycles. The van der Waals surface area contributed by atoms with Gasteiger partial charge in [0, 0.05) is 6.42 Å². The fraction of sp³-hybridized carbons (Fsp3) is 0.792. The maximum atomic E-state index is 10.4. The molecule has 0 radical (unpaired) electrons. The maximum Gasteiger partial charge on any atom is 0.303 e. The van der Waals surface area contributed by atoms with Crippen molar-refractivity contribution in [1.29, 1.82) is 0 Å². The van der Waals surface area contributed by atoms with E-state index in [1.165, 1.54) is 89.9 Å². The molecule has 152 valence electrons. The van der Waals surface area contributed by atoms with Crippen LogP contribution in [0.1, 0.15) is 122 Å². The SMILES string of the molecule is CCC=CCCC=CCCCCCCCCCCCCCCCC(=O)O. The number of aliphatic carboxylic acids is 1. The Hall–Kier alpha value is -1.05. The van der Waals surface area contributed by atoms with Crippen molar-refractivity contribution in [2.24, 2.45) is 0 Å². The average Bonchev–Trinajstić information content (AvgIpc) is 2.62. The topological polar surface area (TPSA) is 37.3 Å². The van der Waals surface area contributed by atoms with Gasteiger partial charge >= 0.3 is 5.97 Å². The number of carboxylic acid groups (broad SMARTS) is 1. The van der Waals surface area contributed by atoms with Crippen LogP contribution in [0.15, 0.2) is 24.3 Å². The van der Waals surface area contributed by atoms with Crippen LogP contribution in [-0.4, -0.2) is 11.1 Å². The minimum Gasteiger partial charge on any atom is -0.481 e. The molecule has 0 heterocycles. The van der Waals surface area contributed by atoms with E-state index in [0.717, 1.165) is 19.3 Å². The second-order valence-corrected chi connectivity index (χ2v) is 7.46. The van der Waals surface area contributed by atoms with Gasteiger partial charge in [-0.15, -0.1) is 0 Å². The molecule has 0 aromatic carbocycles. The molecule has 0 atom stereocenters. The Morgan fingerprint density at radius 3 is 1.42 bits per heavy atom. The van der Waals surface area contributed by atoms with Crippen LogP contribution in [0.3, 0.4) is 0 Å². The predicted molar refractivity (Wildman–Crippen MR) is 115 cm³/mol. The molecule has 0 saturated carbocycles. The molecule has 0 bridgehead atoms. The largest absolute Gasteiger partial charge is 0.481 e. The summed E-state index contributed by atoms with van der Waals surface area (Å²) in [5.74, 6) is -0.656. The number of allylic oxidation sites excluding steroid dienone is 4. The lowest BCUT2D eigenvalue weighted by atomic mass is 10.0. The van der Waals surface area contributed by atoms with Crippen LogP contribution in [0.5, 0.6) is 0 Å². The molecule has 0 saturated heterocycles. The summed E-state index contributed by atoms with van der Waals surface area (Å²) in [6, 6.07) is 0. The van der Waals surface area contributed by atoms with Gasteiger partial charge in [0.15, 0.2) is 0 Å². The summed E-state index contributed by atoms with van der Waals surface area (Å²) < 4.78 is 0. The van der Waals surface area contributed by atoms with Crippen LogP contribution in [0, 0.1) is 0 Å². The molecule has 1 N–H and O–H groups in total. The van der Waals surface area contributed by atoms with E-state index in [0.29, 0.717) is 6.42 Å². The number of unbranched alkanes of at least 4 members (excludes halogenated alkanes) is 14. The smallest absolute Gasteiger partial charge is 0.303 e. The lowest BCUT2D eigenvalue weighted by Crippen LogP contribution is -1.93. The van der Waals surface area contributed by atoms with Crippen molar-refractivity contribution in [3.05, 3.63) is 24.3 Å². The van der Waals surface area contributed by atoms with Gasteiger partial charge in [-0.05, 0) is 38.5 Å². The number of carbonyl (C=O) groups is 1. The Bertz CT molecular complexity index is 344. The van der Waals surface area contributed by atoms with Gasteiger partial charge < -0.3 is 5.11 Å². The van der Waals surface area contributed by atoms with E-state index in [4.69, 9.17) is 5.11 Å². The van der Waals surface area contributed by atoms with Crippen LogP contribution >= 0.6 is 0 Å². The minimum atomic E-state index is -0.656. The molecule has 0 unspecified atom stereocenters. The summed E-state index contributed by atoms with van der Waals surface area (Å²) in [5, 5.41) is 8.57. The Morgan fingerprint density at radius 2 is 0.962 bits per heavy atom. The molecule has 0 aliphatic heterocycles. The van der Waals surface area contributed by atoms with Gasteiger partial charge in [-0.3, -0.25) is 4.79 Å². The first-order chi connectivity index (χ1) is 12.8. The van der Waals surface area contributed by atoms with Gasteiger partial charge in [0.2, 0.25) is 0 Å². The Balaban J connectivity index is 3.08. The number of carboxylic acids is 1. The molecule has 0 rings (SSSR count). The van der Waals surface area contributed by atoms with Crippen LogP contribution < -0.4 is 0 Å². The molecule has 0 spiro atoms. The van der Waals surface area contributed by atoms with Crippen LogP contribution in [-0.2, 0) is 4.79 Å². The van der Waals surface area contributed by atoms with Gasteiger partial charge in [-0.1, -0.05) is 102 Å². The van der Waals surface area contributed by atoms with Crippen molar-refractivity contribution in [1.82, 2.24) is 0 Å². The highest BCUT2D eigenvalue weighted by atomic mass is 16.4. The number of hydrogen-bond acceptors (Lipinski definition) is 1. The van der Waals surface area contributed by atoms with Crippen molar-refractivity contribution in [2.45, 2.75) is 122 Å². The van der Waals surface area contributed by atoms with Crippen molar-refractivity contribution < 1.29 is 9.90 Å². The molecule has 0 aromatic rings. The zero-order valence-corrected chi connectivity index (χ0v) is 17.4. The molecule has 0 fully saturated rings. The summed E-state index contributed by atoms with van der Waals surface area (Å²) in [5.41, 5.74) is 0. The summed E-state index contributed by atoms with van der Waals surface area (Å²) >= 11 is 0. The standard InChI is InChI=1S/C24H44O2/c1-2-3-4-5-6-7-8-9-10-11-12-13-14-15-16-17-18-19-20-21-22-23-24(25)26/h3-4,7-8H,2,5-6,9-23H2,1H3,(H,25,26). The highest BCUT2D eigenvalue weighted by Gasteiger charge is 1.97. The first-order valence-corrected chi connectivity index (χ1v) is 11.3. The highest BCUT2D eigenvalue weighted by Crippen LogP contribution is 2.13. The molecule has 26 heavy (non-hydrogen) atoms. The quantitative estimate of drug-likeness (QED) is 0.174. The third kappa shape index (κ3) is 22.9. The molecular weight excluding hydrogens is 320 g/mol. The third-order valence-electron chi connectivity index (χ3n) is 4.83. The second-order valence-electron chi connectivity index (χ2n) is 7.46. The van der Waals surface area contributed by atoms with E-state index in [1.54, 1.807) is 0 Å². The van der Waals surface area contributed by atoms with Gasteiger partial charge in [-0.25, -0.2) is 0 Å². The minimum absolute atomic E-state index is 0.340. The van der Waals surface area contributed by atoms with E-state index in [2.05, 4.69) is 31.2 Å². The van der Waals surface area contributed by atoms with E-state index in [1.807, 2.05) is 0 Å².